The third-order valence-corrected chi connectivity index (χ3v) is 5.25. The first kappa shape index (κ1) is 18.0. The van der Waals surface area contributed by atoms with E-state index in [0.717, 1.165) is 12.5 Å². The van der Waals surface area contributed by atoms with Crippen LogP contribution in [0.4, 0.5) is 0 Å². The topological polar surface area (TPSA) is 15.6 Å². The van der Waals surface area contributed by atoms with Gasteiger partial charge in [-0.1, -0.05) is 55.5 Å². The van der Waals surface area contributed by atoms with E-state index < -0.39 is 0 Å². The highest BCUT2D eigenvalue weighted by molar-refractivity contribution is 9.09. The number of alkyl halides is 1. The standard InChI is InChI=1S/C9H16N2.C8H17Br/c1-2-5-9-10-6-4-8-11(9)7-3-1;1-3-5-6-8(4-2)7-9/h1-8H2;8H,3-7H2,1-2H3. The van der Waals surface area contributed by atoms with Crippen molar-refractivity contribution >= 4 is 21.8 Å². The first-order chi connectivity index (χ1) is 9.81. The maximum Gasteiger partial charge on any atom is 0.0988 e. The summed E-state index contributed by atoms with van der Waals surface area (Å²) in [7, 11) is 0. The Labute approximate surface area is 134 Å². The van der Waals surface area contributed by atoms with Crippen LogP contribution in [0.2, 0.25) is 0 Å². The minimum absolute atomic E-state index is 0.921. The highest BCUT2D eigenvalue weighted by Crippen LogP contribution is 2.15. The SMILES string of the molecule is C1CCC2=NCCCN2CC1.CCCCC(CC)CBr. The summed E-state index contributed by atoms with van der Waals surface area (Å²) in [6.45, 7) is 8.12. The van der Waals surface area contributed by atoms with Crippen LogP contribution in [0.5, 0.6) is 0 Å². The first-order valence-electron chi connectivity index (χ1n) is 8.66. The molecule has 0 saturated carbocycles. The molecular formula is C17H33BrN2. The zero-order chi connectivity index (χ0) is 14.6. The lowest BCUT2D eigenvalue weighted by Crippen LogP contribution is -2.34. The number of hydrogen-bond acceptors (Lipinski definition) is 2. The minimum atomic E-state index is 0.921. The fourth-order valence-corrected chi connectivity index (χ4v) is 3.60. The van der Waals surface area contributed by atoms with Crippen LogP contribution in [-0.4, -0.2) is 35.7 Å². The van der Waals surface area contributed by atoms with E-state index in [1.54, 1.807) is 0 Å². The maximum absolute atomic E-state index is 4.55. The van der Waals surface area contributed by atoms with E-state index in [-0.39, 0.29) is 0 Å². The molecule has 0 aromatic rings. The van der Waals surface area contributed by atoms with Gasteiger partial charge in [-0.15, -0.1) is 0 Å². The molecule has 3 heteroatoms. The van der Waals surface area contributed by atoms with Gasteiger partial charge in [0.1, 0.15) is 0 Å². The van der Waals surface area contributed by atoms with Crippen LogP contribution in [-0.2, 0) is 0 Å². The quantitative estimate of drug-likeness (QED) is 0.621. The van der Waals surface area contributed by atoms with Crippen LogP contribution in [0, 0.1) is 5.92 Å². The molecule has 20 heavy (non-hydrogen) atoms. The molecule has 0 N–H and O–H groups in total. The van der Waals surface area contributed by atoms with Gasteiger partial charge in [0.05, 0.1) is 5.84 Å². The molecule has 0 bridgehead atoms. The highest BCUT2D eigenvalue weighted by Gasteiger charge is 2.16. The summed E-state index contributed by atoms with van der Waals surface area (Å²) in [5, 5.41) is 1.18. The number of aliphatic imine (C=N–C) groups is 1. The Morgan fingerprint density at radius 1 is 1.15 bits per heavy atom. The fraction of sp³-hybridized carbons (Fsp3) is 0.941. The Morgan fingerprint density at radius 2 is 1.95 bits per heavy atom. The summed E-state index contributed by atoms with van der Waals surface area (Å²) in [6, 6.07) is 0. The lowest BCUT2D eigenvalue weighted by Gasteiger charge is -2.27. The van der Waals surface area contributed by atoms with Gasteiger partial charge < -0.3 is 4.90 Å². The molecule has 2 rings (SSSR count). The predicted octanol–water partition coefficient (Wildman–Crippen LogP) is 5.26. The molecule has 0 aromatic heterocycles. The molecule has 1 atom stereocenters. The zero-order valence-electron chi connectivity index (χ0n) is 13.5. The number of nitrogens with zero attached hydrogens (tertiary/aromatic N) is 2. The van der Waals surface area contributed by atoms with Gasteiger partial charge in [0, 0.05) is 31.4 Å². The van der Waals surface area contributed by atoms with E-state index >= 15 is 0 Å². The Kier molecular flexibility index (Phi) is 10.4. The van der Waals surface area contributed by atoms with Crippen LogP contribution < -0.4 is 0 Å². The smallest absolute Gasteiger partial charge is 0.0988 e. The van der Waals surface area contributed by atoms with Crippen molar-refractivity contribution in [1.82, 2.24) is 4.90 Å². The Morgan fingerprint density at radius 3 is 2.65 bits per heavy atom. The molecule has 2 nitrogen and oxygen atoms in total. The number of fused-ring (bicyclic) bond motifs is 1. The average Bonchev–Trinajstić information content (AvgIpc) is 2.74. The number of hydrogen-bond donors (Lipinski definition) is 0. The van der Waals surface area contributed by atoms with Gasteiger partial charge in [-0.2, -0.15) is 0 Å². The molecule has 0 amide bonds. The average molecular weight is 345 g/mol. The van der Waals surface area contributed by atoms with E-state index in [4.69, 9.17) is 0 Å². The molecular weight excluding hydrogens is 312 g/mol. The van der Waals surface area contributed by atoms with Crippen LogP contribution in [0.15, 0.2) is 4.99 Å². The lowest BCUT2D eigenvalue weighted by molar-refractivity contribution is 0.391. The monoisotopic (exact) mass is 344 g/mol. The second kappa shape index (κ2) is 11.6. The number of amidine groups is 1. The third kappa shape index (κ3) is 7.10. The summed E-state index contributed by atoms with van der Waals surface area (Å²) in [4.78, 5) is 7.04. The molecule has 2 heterocycles. The summed E-state index contributed by atoms with van der Waals surface area (Å²) in [6.07, 6.45) is 12.1. The van der Waals surface area contributed by atoms with E-state index in [9.17, 15) is 0 Å². The Balaban J connectivity index is 0.000000206. The van der Waals surface area contributed by atoms with Gasteiger partial charge in [0.25, 0.3) is 0 Å². The number of unbranched alkanes of at least 4 members (excludes halogenated alkanes) is 1. The van der Waals surface area contributed by atoms with Crippen molar-refractivity contribution in [3.05, 3.63) is 0 Å². The van der Waals surface area contributed by atoms with E-state index in [1.807, 2.05) is 0 Å². The van der Waals surface area contributed by atoms with Crippen LogP contribution in [0.25, 0.3) is 0 Å². The van der Waals surface area contributed by atoms with Gasteiger partial charge in [-0.3, -0.25) is 4.99 Å². The normalized spacial score (nSPS) is 20.1. The van der Waals surface area contributed by atoms with Crippen molar-refractivity contribution in [2.75, 3.05) is 25.0 Å². The summed E-state index contributed by atoms with van der Waals surface area (Å²) in [5.74, 6) is 2.32. The van der Waals surface area contributed by atoms with Crippen LogP contribution >= 0.6 is 15.9 Å². The van der Waals surface area contributed by atoms with E-state index in [2.05, 4.69) is 39.7 Å². The summed E-state index contributed by atoms with van der Waals surface area (Å²) >= 11 is 3.51. The maximum atomic E-state index is 4.55. The van der Waals surface area contributed by atoms with Crippen molar-refractivity contribution in [3.8, 4) is 0 Å². The van der Waals surface area contributed by atoms with Crippen molar-refractivity contribution in [3.63, 3.8) is 0 Å². The molecule has 1 saturated heterocycles. The van der Waals surface area contributed by atoms with Crippen molar-refractivity contribution in [2.24, 2.45) is 10.9 Å². The van der Waals surface area contributed by atoms with Gasteiger partial charge in [0.2, 0.25) is 0 Å². The van der Waals surface area contributed by atoms with Gasteiger partial charge in [0.15, 0.2) is 0 Å². The van der Waals surface area contributed by atoms with Crippen molar-refractivity contribution < 1.29 is 0 Å². The van der Waals surface area contributed by atoms with Crippen molar-refractivity contribution in [1.29, 1.82) is 0 Å². The molecule has 2 aliphatic rings. The summed E-state index contributed by atoms with van der Waals surface area (Å²) in [5.41, 5.74) is 0. The third-order valence-electron chi connectivity index (χ3n) is 4.34. The molecule has 0 spiro atoms. The van der Waals surface area contributed by atoms with E-state index in [0.29, 0.717) is 0 Å². The van der Waals surface area contributed by atoms with Gasteiger partial charge >= 0.3 is 0 Å². The lowest BCUT2D eigenvalue weighted by atomic mass is 10.0. The number of rotatable bonds is 5. The second-order valence-corrected chi connectivity index (χ2v) is 6.67. The molecule has 118 valence electrons. The predicted molar refractivity (Wildman–Crippen MR) is 94.1 cm³/mol. The zero-order valence-corrected chi connectivity index (χ0v) is 15.1. The number of halogens is 1. The molecule has 1 fully saturated rings. The van der Waals surface area contributed by atoms with E-state index in [1.165, 1.54) is 82.0 Å². The highest BCUT2D eigenvalue weighted by atomic mass is 79.9. The molecule has 0 radical (unpaired) electrons. The Bertz CT molecular complexity index is 262. The van der Waals surface area contributed by atoms with Gasteiger partial charge in [-0.25, -0.2) is 0 Å². The van der Waals surface area contributed by atoms with Gasteiger partial charge in [-0.05, 0) is 31.6 Å². The molecule has 0 aromatic carbocycles. The molecule has 0 aliphatic carbocycles. The van der Waals surface area contributed by atoms with Crippen molar-refractivity contribution in [2.45, 2.75) is 71.6 Å². The van der Waals surface area contributed by atoms with Crippen LogP contribution in [0.1, 0.15) is 71.6 Å². The molecule has 1 unspecified atom stereocenters. The first-order valence-corrected chi connectivity index (χ1v) is 9.78. The summed E-state index contributed by atoms with van der Waals surface area (Å²) < 4.78 is 0. The second-order valence-electron chi connectivity index (χ2n) is 6.02. The minimum Gasteiger partial charge on any atom is -0.360 e. The van der Waals surface area contributed by atoms with Crippen LogP contribution in [0.3, 0.4) is 0 Å². The largest absolute Gasteiger partial charge is 0.360 e. The molecule has 2 aliphatic heterocycles. The fourth-order valence-electron chi connectivity index (χ4n) is 2.82. The Hall–Kier alpha value is -0.0500.